The zero-order chi connectivity index (χ0) is 24.1. The molecule has 1 aliphatic heterocycles. The summed E-state index contributed by atoms with van der Waals surface area (Å²) < 4.78 is 13.2. The lowest BCUT2D eigenvalue weighted by molar-refractivity contribution is -0.139. The minimum absolute atomic E-state index is 0.00314. The molecule has 2 aliphatic rings. The fourth-order valence-corrected chi connectivity index (χ4v) is 6.84. The third-order valence-electron chi connectivity index (χ3n) is 6.21. The number of benzene rings is 1. The van der Waals surface area contributed by atoms with E-state index in [4.69, 9.17) is 9.47 Å². The van der Waals surface area contributed by atoms with Crippen molar-refractivity contribution in [3.63, 3.8) is 0 Å². The first-order valence-electron chi connectivity index (χ1n) is 11.3. The average Bonchev–Trinajstić information content (AvgIpc) is 3.08. The predicted molar refractivity (Wildman–Crippen MR) is 143 cm³/mol. The van der Waals surface area contributed by atoms with E-state index in [1.165, 1.54) is 4.90 Å². The number of amides is 2. The van der Waals surface area contributed by atoms with Gasteiger partial charge in [-0.1, -0.05) is 71.2 Å². The van der Waals surface area contributed by atoms with Crippen LogP contribution in [0.1, 0.15) is 60.7 Å². The predicted octanol–water partition coefficient (Wildman–Crippen LogP) is 4.57. The van der Waals surface area contributed by atoms with Gasteiger partial charge in [0.2, 0.25) is 0 Å². The highest BCUT2D eigenvalue weighted by Gasteiger charge is 2.49. The van der Waals surface area contributed by atoms with Crippen molar-refractivity contribution in [1.29, 1.82) is 0 Å². The molecule has 3 atom stereocenters. The number of esters is 1. The molecule has 1 aromatic carbocycles. The van der Waals surface area contributed by atoms with Crippen molar-refractivity contribution >= 4 is 63.0 Å². The summed E-state index contributed by atoms with van der Waals surface area (Å²) in [6.07, 6.45) is 3.29. The van der Waals surface area contributed by atoms with Gasteiger partial charge in [-0.3, -0.25) is 19.4 Å². The van der Waals surface area contributed by atoms with Crippen LogP contribution < -0.4 is 0 Å². The van der Waals surface area contributed by atoms with Crippen molar-refractivity contribution in [2.75, 3.05) is 15.7 Å². The Bertz CT molecular complexity index is 879. The summed E-state index contributed by atoms with van der Waals surface area (Å²) in [6, 6.07) is 6.06. The van der Waals surface area contributed by atoms with Gasteiger partial charge in [-0.05, 0) is 38.0 Å². The van der Waals surface area contributed by atoms with Crippen LogP contribution >= 0.6 is 45.2 Å². The molecule has 0 bridgehead atoms. The van der Waals surface area contributed by atoms with E-state index in [0.29, 0.717) is 25.8 Å². The molecule has 0 saturated heterocycles. The summed E-state index contributed by atoms with van der Waals surface area (Å²) in [4.78, 5) is 43.1. The number of hydrogen-bond donors (Lipinski definition) is 0. The number of rotatable bonds is 10. The Labute approximate surface area is 222 Å². The molecule has 2 amide bonds. The van der Waals surface area contributed by atoms with E-state index in [0.717, 1.165) is 12.8 Å². The highest BCUT2D eigenvalue weighted by Crippen LogP contribution is 2.36. The summed E-state index contributed by atoms with van der Waals surface area (Å²) in [5.41, 5.74) is 1.26. The highest BCUT2D eigenvalue weighted by atomic mass is 127. The molecule has 0 spiro atoms. The fraction of sp³-hybridized carbons (Fsp3) is 0.542. The molecule has 1 aromatic rings. The van der Waals surface area contributed by atoms with Gasteiger partial charge in [0.15, 0.2) is 0 Å². The Hall–Kier alpha value is -1.05. The number of imide groups is 1. The normalized spacial score (nSPS) is 22.7. The first kappa shape index (κ1) is 26.6. The van der Waals surface area contributed by atoms with Gasteiger partial charge in [-0.25, -0.2) is 4.79 Å². The molecular formula is C24H30I2N2O5. The molecule has 3 rings (SSSR count). The van der Waals surface area contributed by atoms with Crippen LogP contribution in [0, 0.1) is 0 Å². The van der Waals surface area contributed by atoms with Gasteiger partial charge in [0, 0.05) is 12.0 Å². The minimum atomic E-state index is -0.550. The number of hydrogen-bond acceptors (Lipinski definition) is 6. The molecular weight excluding hydrogens is 650 g/mol. The Balaban J connectivity index is 2.09. The third kappa shape index (κ3) is 5.46. The van der Waals surface area contributed by atoms with Gasteiger partial charge in [-0.15, -0.1) is 0 Å². The lowest BCUT2D eigenvalue weighted by atomic mass is 9.85. The lowest BCUT2D eigenvalue weighted by Gasteiger charge is -2.45. The second-order valence-corrected chi connectivity index (χ2v) is 9.43. The number of nitrogens with zero attached hydrogens (tertiary/aromatic N) is 2. The Kier molecular flexibility index (Phi) is 9.72. The number of fused-ring (bicyclic) bond motifs is 1. The van der Waals surface area contributed by atoms with E-state index in [-0.39, 0.29) is 37.0 Å². The van der Waals surface area contributed by atoms with Crippen LogP contribution in [0.4, 0.5) is 0 Å². The Morgan fingerprint density at radius 2 is 1.67 bits per heavy atom. The van der Waals surface area contributed by atoms with E-state index in [1.807, 2.05) is 6.08 Å². The third-order valence-corrected chi connectivity index (χ3v) is 7.96. The van der Waals surface area contributed by atoms with Gasteiger partial charge in [0.1, 0.15) is 0 Å². The molecule has 180 valence electrons. The van der Waals surface area contributed by atoms with Crippen LogP contribution in [0.3, 0.4) is 0 Å². The van der Waals surface area contributed by atoms with Crippen LogP contribution in [0.2, 0.25) is 0 Å². The van der Waals surface area contributed by atoms with E-state index >= 15 is 0 Å². The van der Waals surface area contributed by atoms with Gasteiger partial charge >= 0.3 is 5.97 Å². The lowest BCUT2D eigenvalue weighted by Crippen LogP contribution is -2.60. The number of alkyl halides is 2. The Morgan fingerprint density at radius 1 is 1.09 bits per heavy atom. The Morgan fingerprint density at radius 3 is 2.15 bits per heavy atom. The van der Waals surface area contributed by atoms with Crippen LogP contribution in [0.5, 0.6) is 0 Å². The van der Waals surface area contributed by atoms with Crippen molar-refractivity contribution in [2.24, 2.45) is 0 Å². The fourth-order valence-electron chi connectivity index (χ4n) is 4.52. The van der Waals surface area contributed by atoms with Crippen molar-refractivity contribution < 1.29 is 23.9 Å². The SMILES string of the molecule is CCOC(=O)C1=C[C@@H](OC(CC)CC)[C@H](N(CI)CI)[C@@H](N2C(=O)c3ccccc3C2=O)C1. The van der Waals surface area contributed by atoms with Crippen molar-refractivity contribution in [3.05, 3.63) is 47.0 Å². The molecule has 33 heavy (non-hydrogen) atoms. The van der Waals surface area contributed by atoms with Gasteiger partial charge in [-0.2, -0.15) is 0 Å². The average molecular weight is 680 g/mol. The molecule has 0 aromatic heterocycles. The van der Waals surface area contributed by atoms with Crippen LogP contribution in [0.15, 0.2) is 35.9 Å². The zero-order valence-electron chi connectivity index (χ0n) is 19.1. The van der Waals surface area contributed by atoms with Gasteiger partial charge < -0.3 is 9.47 Å². The van der Waals surface area contributed by atoms with Crippen molar-refractivity contribution in [3.8, 4) is 0 Å². The molecule has 0 N–H and O–H groups in total. The van der Waals surface area contributed by atoms with Crippen molar-refractivity contribution in [1.82, 2.24) is 9.80 Å². The van der Waals surface area contributed by atoms with Crippen LogP contribution in [-0.2, 0) is 14.3 Å². The van der Waals surface area contributed by atoms with E-state index < -0.39 is 18.1 Å². The largest absolute Gasteiger partial charge is 0.463 e. The molecule has 0 fully saturated rings. The number of halogens is 2. The summed E-state index contributed by atoms with van der Waals surface area (Å²) >= 11 is 4.59. The van der Waals surface area contributed by atoms with E-state index in [9.17, 15) is 14.4 Å². The molecule has 1 aliphatic carbocycles. The summed E-state index contributed by atoms with van der Waals surface area (Å²) in [7, 11) is 0. The summed E-state index contributed by atoms with van der Waals surface area (Å²) in [5.74, 6) is -1.07. The van der Waals surface area contributed by atoms with Crippen molar-refractivity contribution in [2.45, 2.75) is 64.3 Å². The number of ether oxygens (including phenoxy) is 2. The number of carbonyl (C=O) groups excluding carboxylic acids is 3. The smallest absolute Gasteiger partial charge is 0.333 e. The molecule has 0 radical (unpaired) electrons. The summed E-state index contributed by atoms with van der Waals surface area (Å²) in [5, 5.41) is 0. The molecule has 9 heteroatoms. The molecule has 0 saturated carbocycles. The van der Waals surface area contributed by atoms with Crippen LogP contribution in [-0.4, -0.2) is 67.6 Å². The van der Waals surface area contributed by atoms with Crippen LogP contribution in [0.25, 0.3) is 0 Å². The van der Waals surface area contributed by atoms with E-state index in [2.05, 4.69) is 63.9 Å². The highest BCUT2D eigenvalue weighted by molar-refractivity contribution is 14.1. The van der Waals surface area contributed by atoms with E-state index in [1.54, 1.807) is 31.2 Å². The molecule has 7 nitrogen and oxygen atoms in total. The first-order chi connectivity index (χ1) is 15.9. The maximum Gasteiger partial charge on any atom is 0.333 e. The zero-order valence-corrected chi connectivity index (χ0v) is 23.4. The van der Waals surface area contributed by atoms with Gasteiger partial charge in [0.05, 0.1) is 51.1 Å². The number of carbonyl (C=O) groups is 3. The molecule has 0 unspecified atom stereocenters. The maximum absolute atomic E-state index is 13.4. The summed E-state index contributed by atoms with van der Waals surface area (Å²) in [6.45, 7) is 6.15. The maximum atomic E-state index is 13.4. The minimum Gasteiger partial charge on any atom is -0.463 e. The van der Waals surface area contributed by atoms with Gasteiger partial charge in [0.25, 0.3) is 11.8 Å². The second-order valence-electron chi connectivity index (χ2n) is 8.07. The second kappa shape index (κ2) is 12.1. The monoisotopic (exact) mass is 680 g/mol. The quantitative estimate of drug-likeness (QED) is 0.119. The molecule has 1 heterocycles. The standard InChI is InChI=1S/C24H30I2N2O5/c1-4-16(5-2)33-20-12-15(24(31)32-6-3)11-19(21(20)27(13-25)14-26)28-22(29)17-9-7-8-10-18(17)23(28)30/h7-10,12,16,19-21H,4-6,11,13-14H2,1-3H3/t19-,20+,21+/m0/s1. The topological polar surface area (TPSA) is 76.2 Å². The first-order valence-corrected chi connectivity index (χ1v) is 14.3.